The Kier molecular flexibility index (Phi) is 3.21. The summed E-state index contributed by atoms with van der Waals surface area (Å²) < 4.78 is 3.15. The molecule has 4 aromatic heterocycles. The second-order valence-corrected chi connectivity index (χ2v) is 7.80. The largest absolute Gasteiger partial charge is 0.312 e. The van der Waals surface area contributed by atoms with E-state index >= 15 is 0 Å². The molecule has 10 nitrogen and oxygen atoms in total. The van der Waals surface area contributed by atoms with Gasteiger partial charge in [-0.2, -0.15) is 10.2 Å². The molecule has 6 heterocycles. The van der Waals surface area contributed by atoms with Crippen molar-refractivity contribution in [3.8, 4) is 11.3 Å². The van der Waals surface area contributed by atoms with E-state index in [0.29, 0.717) is 12.6 Å². The number of thiophene rings is 1. The molecule has 4 N–H and O–H groups in total. The molecule has 136 valence electrons. The summed E-state index contributed by atoms with van der Waals surface area (Å²) >= 11 is 1.71. The Bertz CT molecular complexity index is 1090. The number of aromatic nitrogens is 6. The first kappa shape index (κ1) is 15.1. The third-order valence-electron chi connectivity index (χ3n) is 4.84. The molecule has 0 spiro atoms. The molecule has 6 rings (SSSR count). The van der Waals surface area contributed by atoms with Crippen molar-refractivity contribution in [2.24, 2.45) is 0 Å². The van der Waals surface area contributed by atoms with E-state index in [4.69, 9.17) is 4.98 Å². The molecule has 0 radical (unpaired) electrons. The predicted molar refractivity (Wildman–Crippen MR) is 102 cm³/mol. The first-order valence-corrected chi connectivity index (χ1v) is 9.48. The van der Waals surface area contributed by atoms with Crippen LogP contribution in [0.5, 0.6) is 0 Å². The molecular formula is C16H16N10S. The molecule has 0 bridgehead atoms. The SMILES string of the molecule is c1nn(C2CNC2)cc1-c1cnc2c(n1)N(Cc1cc3[nH]ncc3s1)NN2. The normalized spacial score (nSPS) is 16.5. The molecule has 27 heavy (non-hydrogen) atoms. The zero-order valence-corrected chi connectivity index (χ0v) is 15.0. The second-order valence-electron chi connectivity index (χ2n) is 6.63. The molecule has 2 aliphatic heterocycles. The van der Waals surface area contributed by atoms with E-state index in [1.54, 1.807) is 17.5 Å². The number of fused-ring (bicyclic) bond motifs is 2. The molecule has 4 aromatic rings. The van der Waals surface area contributed by atoms with E-state index in [1.165, 1.54) is 4.88 Å². The lowest BCUT2D eigenvalue weighted by Gasteiger charge is -2.27. The smallest absolute Gasteiger partial charge is 0.190 e. The van der Waals surface area contributed by atoms with Crippen LogP contribution >= 0.6 is 11.3 Å². The standard InChI is InChI=1S/C16H16N10S/c1-11(27-14-6-19-22-12(1)14)8-26-16-15(23-24-26)18-5-13(21-16)9-2-20-25(7-9)10-3-17-4-10/h1-2,5-7,10,17,24H,3-4,8H2,(H,18,23)(H,19,22). The van der Waals surface area contributed by atoms with Crippen molar-refractivity contribution in [1.82, 2.24) is 40.8 Å². The Hall–Kier alpha value is -3.02. The van der Waals surface area contributed by atoms with Gasteiger partial charge in [0.05, 0.1) is 47.1 Å². The summed E-state index contributed by atoms with van der Waals surface area (Å²) in [5, 5.41) is 16.7. The maximum atomic E-state index is 4.81. The van der Waals surface area contributed by atoms with Crippen molar-refractivity contribution in [2.75, 3.05) is 23.5 Å². The molecule has 0 unspecified atom stereocenters. The van der Waals surface area contributed by atoms with E-state index in [1.807, 2.05) is 28.3 Å². The van der Waals surface area contributed by atoms with Crippen LogP contribution in [0.25, 0.3) is 21.5 Å². The number of aromatic amines is 1. The van der Waals surface area contributed by atoms with Gasteiger partial charge in [-0.25, -0.2) is 9.97 Å². The van der Waals surface area contributed by atoms with E-state index in [9.17, 15) is 0 Å². The van der Waals surface area contributed by atoms with E-state index < -0.39 is 0 Å². The van der Waals surface area contributed by atoms with Crippen LogP contribution in [0.3, 0.4) is 0 Å². The lowest BCUT2D eigenvalue weighted by molar-refractivity contribution is 0.318. The molecule has 11 heteroatoms. The lowest BCUT2D eigenvalue weighted by atomic mass is 10.2. The van der Waals surface area contributed by atoms with E-state index in [-0.39, 0.29) is 0 Å². The quantitative estimate of drug-likeness (QED) is 0.419. The number of anilines is 2. The van der Waals surface area contributed by atoms with Gasteiger partial charge in [-0.1, -0.05) is 0 Å². The number of hydrogen-bond donors (Lipinski definition) is 4. The van der Waals surface area contributed by atoms with Crippen molar-refractivity contribution >= 4 is 33.2 Å². The lowest BCUT2D eigenvalue weighted by Crippen LogP contribution is -2.43. The highest BCUT2D eigenvalue weighted by atomic mass is 32.1. The Morgan fingerprint density at radius 2 is 2.19 bits per heavy atom. The maximum Gasteiger partial charge on any atom is 0.190 e. The van der Waals surface area contributed by atoms with Gasteiger partial charge in [0, 0.05) is 29.7 Å². The highest BCUT2D eigenvalue weighted by Crippen LogP contribution is 2.31. The molecule has 0 aromatic carbocycles. The van der Waals surface area contributed by atoms with Gasteiger partial charge in [-0.05, 0) is 6.07 Å². The second kappa shape index (κ2) is 5.74. The minimum absolute atomic E-state index is 0.430. The molecule has 0 aliphatic carbocycles. The molecule has 1 fully saturated rings. The maximum absolute atomic E-state index is 4.81. The first-order valence-electron chi connectivity index (χ1n) is 8.67. The topological polar surface area (TPSA) is 112 Å². The fourth-order valence-electron chi connectivity index (χ4n) is 3.25. The minimum atomic E-state index is 0.430. The van der Waals surface area contributed by atoms with Crippen molar-refractivity contribution < 1.29 is 0 Å². The Morgan fingerprint density at radius 3 is 3.04 bits per heavy atom. The molecule has 0 atom stereocenters. The van der Waals surface area contributed by atoms with Gasteiger partial charge in [0.25, 0.3) is 0 Å². The van der Waals surface area contributed by atoms with Crippen molar-refractivity contribution in [3.05, 3.63) is 35.7 Å². The number of hydrazine groups is 2. The summed E-state index contributed by atoms with van der Waals surface area (Å²) in [7, 11) is 0. The zero-order valence-electron chi connectivity index (χ0n) is 14.2. The third kappa shape index (κ3) is 2.47. The van der Waals surface area contributed by atoms with Crippen LogP contribution < -0.4 is 21.3 Å². The van der Waals surface area contributed by atoms with Gasteiger partial charge in [-0.3, -0.25) is 20.2 Å². The fourth-order valence-corrected chi connectivity index (χ4v) is 4.22. The average molecular weight is 380 g/mol. The van der Waals surface area contributed by atoms with E-state index in [2.05, 4.69) is 42.6 Å². The summed E-state index contributed by atoms with van der Waals surface area (Å²) in [5.41, 5.74) is 9.05. The fraction of sp³-hybridized carbons (Fsp3) is 0.250. The van der Waals surface area contributed by atoms with Gasteiger partial charge in [0.1, 0.15) is 0 Å². The van der Waals surface area contributed by atoms with Crippen LogP contribution in [-0.4, -0.2) is 43.0 Å². The van der Waals surface area contributed by atoms with Crippen LogP contribution in [0.4, 0.5) is 11.6 Å². The van der Waals surface area contributed by atoms with Gasteiger partial charge >= 0.3 is 0 Å². The predicted octanol–water partition coefficient (Wildman–Crippen LogP) is 1.27. The van der Waals surface area contributed by atoms with Crippen molar-refractivity contribution in [2.45, 2.75) is 12.6 Å². The summed E-state index contributed by atoms with van der Waals surface area (Å²) in [6.07, 6.45) is 7.51. The summed E-state index contributed by atoms with van der Waals surface area (Å²) in [6.45, 7) is 2.60. The Balaban J connectivity index is 1.29. The average Bonchev–Trinajstić information content (AvgIpc) is 3.37. The van der Waals surface area contributed by atoms with Crippen LogP contribution in [0.15, 0.2) is 30.9 Å². The Labute approximate surface area is 157 Å². The number of hydrogen-bond acceptors (Lipinski definition) is 9. The van der Waals surface area contributed by atoms with Gasteiger partial charge < -0.3 is 5.32 Å². The molecule has 0 amide bonds. The van der Waals surface area contributed by atoms with Gasteiger partial charge in [-0.15, -0.1) is 16.9 Å². The molecular weight excluding hydrogens is 364 g/mol. The molecule has 2 aliphatic rings. The highest BCUT2D eigenvalue weighted by molar-refractivity contribution is 7.19. The summed E-state index contributed by atoms with van der Waals surface area (Å²) in [5.74, 6) is 1.50. The van der Waals surface area contributed by atoms with Crippen LogP contribution in [0, 0.1) is 0 Å². The van der Waals surface area contributed by atoms with Crippen molar-refractivity contribution in [3.63, 3.8) is 0 Å². The number of rotatable bonds is 4. The highest BCUT2D eigenvalue weighted by Gasteiger charge is 2.24. The zero-order chi connectivity index (χ0) is 17.8. The first-order chi connectivity index (χ1) is 13.3. The summed E-state index contributed by atoms with van der Waals surface area (Å²) in [6, 6.07) is 2.54. The summed E-state index contributed by atoms with van der Waals surface area (Å²) in [4.78, 5) is 10.5. The van der Waals surface area contributed by atoms with Crippen LogP contribution in [0.2, 0.25) is 0 Å². The number of nitrogens with zero attached hydrogens (tertiary/aromatic N) is 6. The Morgan fingerprint density at radius 1 is 1.22 bits per heavy atom. The minimum Gasteiger partial charge on any atom is -0.312 e. The monoisotopic (exact) mass is 380 g/mol. The van der Waals surface area contributed by atoms with Crippen LogP contribution in [0.1, 0.15) is 10.9 Å². The molecule has 1 saturated heterocycles. The number of H-pyrrole nitrogens is 1. The number of nitrogens with one attached hydrogen (secondary N) is 4. The van der Waals surface area contributed by atoms with Crippen LogP contribution in [-0.2, 0) is 6.54 Å². The van der Waals surface area contributed by atoms with Crippen molar-refractivity contribution in [1.29, 1.82) is 0 Å². The third-order valence-corrected chi connectivity index (χ3v) is 5.90. The molecule has 0 saturated carbocycles. The van der Waals surface area contributed by atoms with E-state index in [0.717, 1.165) is 46.2 Å². The van der Waals surface area contributed by atoms with Gasteiger partial charge in [0.15, 0.2) is 11.6 Å². The van der Waals surface area contributed by atoms with Gasteiger partial charge in [0.2, 0.25) is 0 Å².